The highest BCUT2D eigenvalue weighted by molar-refractivity contribution is 6.80. The second kappa shape index (κ2) is 47.5. The molecule has 85 heavy (non-hydrogen) atoms. The molecule has 0 N–H and O–H groups in total. The van der Waals surface area contributed by atoms with E-state index in [1.165, 1.54) is 10.8 Å². The Morgan fingerprint density at radius 2 is 0.906 bits per heavy atom. The summed E-state index contributed by atoms with van der Waals surface area (Å²) >= 11 is 0. The Labute approximate surface area is 523 Å². The van der Waals surface area contributed by atoms with E-state index in [-0.39, 0.29) is 5.78 Å². The molecule has 2 saturated heterocycles. The number of ketones is 1. The SMILES string of the molecule is C=C(C)C(=O)CCC[Si](C)(OC)OC.CCC1(COCCC[Si](C)(OC)OC)COC1.CO[Si](C)(C)OC.CO[Si](C)(CCCOCC1CO1)OC.CO[Si](C)(OC)OC.CO[Si](C)(OC)c1ccc(C)cc1.CO[Si](C)(OC)c1ccccc1. The van der Waals surface area contributed by atoms with E-state index in [4.69, 9.17) is 85.3 Å². The highest BCUT2D eigenvalue weighted by Gasteiger charge is 2.38. The summed E-state index contributed by atoms with van der Waals surface area (Å²) < 4.78 is 100. The number of benzene rings is 2. The zero-order valence-electron chi connectivity index (χ0n) is 57.8. The second-order valence-corrected chi connectivity index (χ2v) is 45.4. The first-order valence-electron chi connectivity index (χ1n) is 28.8. The molecule has 2 aromatic carbocycles. The molecule has 2 aliphatic heterocycles. The van der Waals surface area contributed by atoms with Gasteiger partial charge in [-0.1, -0.05) is 73.7 Å². The molecule has 0 amide bonds. The molecule has 4 rings (SSSR count). The third-order valence-corrected chi connectivity index (χ3v) is 34.2. The van der Waals surface area contributed by atoms with Crippen LogP contribution in [0.4, 0.5) is 0 Å². The molecule has 0 radical (unpaired) electrons. The number of ether oxygens (including phenoxy) is 4. The predicted octanol–water partition coefficient (Wildman–Crippen LogP) is 9.92. The Bertz CT molecular complexity index is 1900. The molecule has 0 aromatic heterocycles. The summed E-state index contributed by atoms with van der Waals surface area (Å²) in [4.78, 5) is 11.2. The lowest BCUT2D eigenvalue weighted by molar-refractivity contribution is -0.150. The standard InChI is InChI=1S/C12H26O4Si.C10H20O3Si.C10H16O2Si.C9H20O4Si.C9H14O2Si.C4H12O3Si.C4H12O2Si/c1-5-12(10-16-11-12)9-15-7-6-8-17(4,13-2)14-3;1-9(2)10(11)7-6-8-14(5,12-3)13-4;1-9-5-7-10(8-6-9)13(4,11-2)12-3;1-10-14(3,11-2)6-4-5-12-7-9-8-13-9;1-10-12(3,11-2)9-7-5-4-6-8-9;1-5-8(4,6-2)7-3;1-5-7(3,4)6-2/h5-11H2,1-4H3;1,6-8H2,2-5H3;5-8H,1-4H3;9H,4-8H2,1-3H3;4-8H,1-3H3;1-4H3;1-4H3. The van der Waals surface area contributed by atoms with Crippen LogP contribution in [-0.4, -0.2) is 225 Å². The predicted molar refractivity (Wildman–Crippen MR) is 357 cm³/mol. The van der Waals surface area contributed by atoms with Gasteiger partial charge in [-0.25, -0.2) is 0 Å². The fourth-order valence-electron chi connectivity index (χ4n) is 6.65. The van der Waals surface area contributed by atoms with Crippen molar-refractivity contribution in [2.45, 2.75) is 129 Å². The smallest absolute Gasteiger partial charge is 0.398 e. The van der Waals surface area contributed by atoms with E-state index in [0.29, 0.717) is 23.5 Å². The van der Waals surface area contributed by atoms with Crippen molar-refractivity contribution in [3.8, 4) is 0 Å². The van der Waals surface area contributed by atoms with Crippen LogP contribution < -0.4 is 10.4 Å². The van der Waals surface area contributed by atoms with Crippen molar-refractivity contribution in [1.82, 2.24) is 0 Å². The maximum Gasteiger partial charge on any atom is 0.496 e. The van der Waals surface area contributed by atoms with Crippen molar-refractivity contribution in [3.05, 3.63) is 72.3 Å². The number of allylic oxidation sites excluding steroid dienone is 1. The van der Waals surface area contributed by atoms with E-state index < -0.39 is 60.2 Å². The van der Waals surface area contributed by atoms with E-state index in [1.54, 1.807) is 114 Å². The van der Waals surface area contributed by atoms with Gasteiger partial charge in [-0.15, -0.1) is 0 Å². The molecule has 20 nitrogen and oxygen atoms in total. The van der Waals surface area contributed by atoms with Gasteiger partial charge < -0.3 is 85.3 Å². The maximum atomic E-state index is 11.2. The average Bonchev–Trinajstić information content (AvgIpc) is 4.43. The van der Waals surface area contributed by atoms with Crippen molar-refractivity contribution in [1.29, 1.82) is 0 Å². The van der Waals surface area contributed by atoms with Gasteiger partial charge >= 0.3 is 60.2 Å². The normalized spacial score (nSPS) is 14.7. The zero-order chi connectivity index (χ0) is 65.9. The van der Waals surface area contributed by atoms with Crippen LogP contribution in [0.1, 0.15) is 51.5 Å². The van der Waals surface area contributed by atoms with Crippen LogP contribution in [0.2, 0.25) is 70.5 Å². The van der Waals surface area contributed by atoms with E-state index in [2.05, 4.69) is 57.8 Å². The van der Waals surface area contributed by atoms with E-state index in [9.17, 15) is 4.79 Å². The summed E-state index contributed by atoms with van der Waals surface area (Å²) in [5.74, 6) is 0.133. The molecule has 2 aliphatic rings. The monoisotopic (exact) mass is 1330 g/mol. The summed E-state index contributed by atoms with van der Waals surface area (Å²) in [6.45, 7) is 31.3. The molecule has 2 aromatic rings. The number of aryl methyl sites for hydroxylation is 1. The van der Waals surface area contributed by atoms with E-state index >= 15 is 0 Å². The molecule has 500 valence electrons. The van der Waals surface area contributed by atoms with Crippen molar-refractivity contribution in [2.24, 2.45) is 5.41 Å². The summed E-state index contributed by atoms with van der Waals surface area (Å²) in [6.07, 6.45) is 4.86. The molecular formula is C58H120O20Si7. The molecule has 0 bridgehead atoms. The molecule has 2 heterocycles. The molecule has 0 aliphatic carbocycles. The summed E-state index contributed by atoms with van der Waals surface area (Å²) in [5, 5.41) is 2.33. The number of carbonyl (C=O) groups excluding carboxylic acids is 1. The van der Waals surface area contributed by atoms with Crippen LogP contribution in [0, 0.1) is 12.3 Å². The molecule has 0 spiro atoms. The number of hydrogen-bond acceptors (Lipinski definition) is 20. The van der Waals surface area contributed by atoms with Crippen LogP contribution in [0.5, 0.6) is 0 Å². The summed E-state index contributed by atoms with van der Waals surface area (Å²) in [7, 11) is 11.4. The zero-order valence-corrected chi connectivity index (χ0v) is 64.8. The quantitative estimate of drug-likeness (QED) is 0.0273. The van der Waals surface area contributed by atoms with Crippen LogP contribution in [0.3, 0.4) is 0 Å². The molecule has 2 fully saturated rings. The van der Waals surface area contributed by atoms with Crippen LogP contribution in [-0.2, 0) is 90.1 Å². The van der Waals surface area contributed by atoms with Crippen LogP contribution in [0.25, 0.3) is 0 Å². The second-order valence-electron chi connectivity index (χ2n) is 21.5. The van der Waals surface area contributed by atoms with Gasteiger partial charge in [0.15, 0.2) is 5.78 Å². The van der Waals surface area contributed by atoms with Gasteiger partial charge in [0.2, 0.25) is 0 Å². The Hall–Kier alpha value is -1.39. The van der Waals surface area contributed by atoms with Crippen molar-refractivity contribution in [3.63, 3.8) is 0 Å². The van der Waals surface area contributed by atoms with Crippen molar-refractivity contribution in [2.75, 3.05) is 153 Å². The largest absolute Gasteiger partial charge is 0.496 e. The highest BCUT2D eigenvalue weighted by atomic mass is 28.4. The number of epoxide rings is 1. The van der Waals surface area contributed by atoms with Gasteiger partial charge in [0.05, 0.1) is 33.0 Å². The Morgan fingerprint density at radius 1 is 0.529 bits per heavy atom. The minimum absolute atomic E-state index is 0.133. The van der Waals surface area contributed by atoms with Gasteiger partial charge in [-0.2, -0.15) is 0 Å². The minimum Gasteiger partial charge on any atom is -0.398 e. The third kappa shape index (κ3) is 38.8. The Kier molecular flexibility index (Phi) is 49.1. The van der Waals surface area contributed by atoms with Crippen LogP contribution >= 0.6 is 0 Å². The highest BCUT2D eigenvalue weighted by Crippen LogP contribution is 2.31. The summed E-state index contributed by atoms with van der Waals surface area (Å²) in [6, 6.07) is 21.2. The molecule has 1 unspecified atom stereocenters. The topological polar surface area (TPSA) is 196 Å². The lowest BCUT2D eigenvalue weighted by Crippen LogP contribution is -2.49. The van der Waals surface area contributed by atoms with Gasteiger partial charge in [0, 0.05) is 138 Å². The Morgan fingerprint density at radius 3 is 1.19 bits per heavy atom. The molecule has 0 saturated carbocycles. The fraction of sp³-hybridized carbons (Fsp3) is 0.741. The lowest BCUT2D eigenvalue weighted by Gasteiger charge is -2.40. The van der Waals surface area contributed by atoms with Crippen LogP contribution in [0.15, 0.2) is 66.7 Å². The maximum absolute atomic E-state index is 11.2. The van der Waals surface area contributed by atoms with Gasteiger partial charge in [-0.3, -0.25) is 4.79 Å². The third-order valence-electron chi connectivity index (χ3n) is 15.1. The number of rotatable bonds is 35. The van der Waals surface area contributed by atoms with Gasteiger partial charge in [0.25, 0.3) is 0 Å². The van der Waals surface area contributed by atoms with Crippen molar-refractivity contribution >= 4 is 76.3 Å². The minimum atomic E-state index is -2.17. The molecular weight excluding hydrogens is 1210 g/mol. The first kappa shape index (κ1) is 87.8. The average molecular weight is 1330 g/mol. The van der Waals surface area contributed by atoms with Gasteiger partial charge in [0.1, 0.15) is 6.10 Å². The Balaban J connectivity index is -0.000000937. The number of hydrogen-bond donors (Lipinski definition) is 0. The fourth-order valence-corrected chi connectivity index (χ4v) is 14.3. The van der Waals surface area contributed by atoms with E-state index in [0.717, 1.165) is 95.3 Å². The lowest BCUT2D eigenvalue weighted by atomic mass is 9.84. The summed E-state index contributed by atoms with van der Waals surface area (Å²) in [5.41, 5.74) is 2.18. The van der Waals surface area contributed by atoms with Gasteiger partial charge in [-0.05, 0) is 119 Å². The van der Waals surface area contributed by atoms with E-state index in [1.807, 2.05) is 69.6 Å². The number of Topliss-reactive ketones (excluding diaryl/α,β-unsaturated/α-hetero) is 1. The van der Waals surface area contributed by atoms with Crippen molar-refractivity contribution < 1.29 is 90.1 Å². The molecule has 1 atom stereocenters. The first-order chi connectivity index (χ1) is 39.9. The first-order valence-corrected chi connectivity index (χ1v) is 46.1. The number of carbonyl (C=O) groups is 1. The molecule has 27 heteroatoms.